The molecule has 1 fully saturated rings. The van der Waals surface area contributed by atoms with E-state index in [1.54, 1.807) is 0 Å². The minimum Gasteiger partial charge on any atom is -0.319 e. The Balaban J connectivity index is 2.05. The van der Waals surface area contributed by atoms with Crippen LogP contribution in [0.25, 0.3) is 0 Å². The third-order valence-electron chi connectivity index (χ3n) is 4.91. The summed E-state index contributed by atoms with van der Waals surface area (Å²) in [5, 5.41) is 3.38. The molecule has 1 N–H and O–H groups in total. The number of hydrogen-bond acceptors (Lipinski definition) is 2. The topological polar surface area (TPSA) is 24.9 Å². The molecule has 0 spiro atoms. The Morgan fingerprint density at radius 1 is 1.30 bits per heavy atom. The molecule has 2 nitrogen and oxygen atoms in total. The van der Waals surface area contributed by atoms with E-state index in [2.05, 4.69) is 56.4 Å². The predicted octanol–water partition coefficient (Wildman–Crippen LogP) is 3.85. The maximum atomic E-state index is 4.67. The van der Waals surface area contributed by atoms with Crippen LogP contribution in [-0.2, 0) is 12.8 Å². The van der Waals surface area contributed by atoms with Crippen LogP contribution < -0.4 is 5.32 Å². The van der Waals surface area contributed by atoms with Gasteiger partial charge in [0.15, 0.2) is 0 Å². The van der Waals surface area contributed by atoms with Gasteiger partial charge in [-0.25, -0.2) is 0 Å². The van der Waals surface area contributed by atoms with E-state index in [0.717, 1.165) is 31.2 Å². The van der Waals surface area contributed by atoms with Crippen LogP contribution in [0.4, 0.5) is 0 Å². The first-order valence-electron chi connectivity index (χ1n) is 8.12. The van der Waals surface area contributed by atoms with Crippen LogP contribution in [0, 0.1) is 17.3 Å². The molecule has 1 heterocycles. The molecule has 20 heavy (non-hydrogen) atoms. The highest BCUT2D eigenvalue weighted by atomic mass is 14.8. The molecular formula is C18H30N2. The minimum atomic E-state index is 0.498. The lowest BCUT2D eigenvalue weighted by Crippen LogP contribution is -2.36. The van der Waals surface area contributed by atoms with Crippen molar-refractivity contribution >= 4 is 0 Å². The largest absolute Gasteiger partial charge is 0.319 e. The Bertz CT molecular complexity index is 408. The Morgan fingerprint density at radius 2 is 2.10 bits per heavy atom. The van der Waals surface area contributed by atoms with Crippen molar-refractivity contribution in [2.75, 3.05) is 13.6 Å². The van der Waals surface area contributed by atoms with Gasteiger partial charge in [0.05, 0.1) is 0 Å². The van der Waals surface area contributed by atoms with Gasteiger partial charge in [-0.2, -0.15) is 0 Å². The van der Waals surface area contributed by atoms with E-state index in [9.17, 15) is 0 Å². The van der Waals surface area contributed by atoms with E-state index in [4.69, 9.17) is 0 Å². The molecule has 0 amide bonds. The van der Waals surface area contributed by atoms with Gasteiger partial charge in [0, 0.05) is 11.9 Å². The molecule has 0 aliphatic heterocycles. The number of nitrogens with one attached hydrogen (secondary N) is 1. The lowest BCUT2D eigenvalue weighted by Gasteiger charge is -2.41. The molecule has 2 atom stereocenters. The summed E-state index contributed by atoms with van der Waals surface area (Å²) in [6, 6.07) is 4.47. The van der Waals surface area contributed by atoms with E-state index in [1.165, 1.54) is 30.5 Å². The Labute approximate surface area is 124 Å². The first kappa shape index (κ1) is 15.5. The second-order valence-electron chi connectivity index (χ2n) is 7.20. The van der Waals surface area contributed by atoms with Gasteiger partial charge < -0.3 is 5.32 Å². The fourth-order valence-electron chi connectivity index (χ4n) is 3.61. The fraction of sp³-hybridized carbons (Fsp3) is 0.722. The van der Waals surface area contributed by atoms with Gasteiger partial charge in [-0.1, -0.05) is 26.8 Å². The molecule has 0 saturated heterocycles. The van der Waals surface area contributed by atoms with E-state index in [0.29, 0.717) is 5.41 Å². The van der Waals surface area contributed by atoms with Crippen LogP contribution in [0.5, 0.6) is 0 Å². The number of aryl methyl sites for hydroxylation is 1. The molecule has 0 radical (unpaired) electrons. The third-order valence-corrected chi connectivity index (χ3v) is 4.91. The van der Waals surface area contributed by atoms with Crippen LogP contribution in [0.2, 0.25) is 0 Å². The molecule has 2 rings (SSSR count). The number of rotatable bonds is 5. The Hall–Kier alpha value is -0.890. The fourth-order valence-corrected chi connectivity index (χ4v) is 3.61. The SMILES string of the molecule is CCc1ccc(CC2CC(C)(C)CCC2CNC)nc1. The van der Waals surface area contributed by atoms with Gasteiger partial charge in [-0.15, -0.1) is 0 Å². The summed E-state index contributed by atoms with van der Waals surface area (Å²) in [4.78, 5) is 4.67. The summed E-state index contributed by atoms with van der Waals surface area (Å²) in [7, 11) is 2.07. The Kier molecular flexibility index (Phi) is 5.20. The third kappa shape index (κ3) is 4.05. The van der Waals surface area contributed by atoms with Crippen molar-refractivity contribution in [3.63, 3.8) is 0 Å². The monoisotopic (exact) mass is 274 g/mol. The van der Waals surface area contributed by atoms with Gasteiger partial charge in [0.1, 0.15) is 0 Å². The summed E-state index contributed by atoms with van der Waals surface area (Å²) < 4.78 is 0. The van der Waals surface area contributed by atoms with Gasteiger partial charge in [0.25, 0.3) is 0 Å². The lowest BCUT2D eigenvalue weighted by atomic mass is 9.66. The summed E-state index contributed by atoms with van der Waals surface area (Å²) in [6.45, 7) is 8.17. The molecular weight excluding hydrogens is 244 g/mol. The van der Waals surface area contributed by atoms with Gasteiger partial charge in [-0.05, 0) is 74.6 Å². The maximum Gasteiger partial charge on any atom is 0.0406 e. The standard InChI is InChI=1S/C18H30N2/c1-5-14-6-7-17(20-12-14)10-16-11-18(2,3)9-8-15(16)13-19-4/h6-7,12,15-16,19H,5,8-11,13H2,1-4H3. The average molecular weight is 274 g/mol. The number of nitrogens with zero attached hydrogens (tertiary/aromatic N) is 1. The van der Waals surface area contributed by atoms with Crippen molar-refractivity contribution in [3.8, 4) is 0 Å². The van der Waals surface area contributed by atoms with Crippen molar-refractivity contribution in [2.24, 2.45) is 17.3 Å². The minimum absolute atomic E-state index is 0.498. The zero-order chi connectivity index (χ0) is 14.6. The van der Waals surface area contributed by atoms with E-state index >= 15 is 0 Å². The molecule has 1 aliphatic rings. The zero-order valence-corrected chi connectivity index (χ0v) is 13.6. The molecule has 112 valence electrons. The van der Waals surface area contributed by atoms with Crippen LogP contribution in [0.3, 0.4) is 0 Å². The first-order chi connectivity index (χ1) is 9.54. The highest BCUT2D eigenvalue weighted by Gasteiger charge is 2.34. The molecule has 1 aromatic heterocycles. The highest BCUT2D eigenvalue weighted by Crippen LogP contribution is 2.42. The highest BCUT2D eigenvalue weighted by molar-refractivity contribution is 5.14. The van der Waals surface area contributed by atoms with Crippen LogP contribution >= 0.6 is 0 Å². The molecule has 1 aromatic rings. The van der Waals surface area contributed by atoms with Crippen molar-refractivity contribution in [1.29, 1.82) is 0 Å². The molecule has 2 unspecified atom stereocenters. The van der Waals surface area contributed by atoms with Gasteiger partial charge in [0.2, 0.25) is 0 Å². The summed E-state index contributed by atoms with van der Waals surface area (Å²) >= 11 is 0. The number of aromatic nitrogens is 1. The van der Waals surface area contributed by atoms with E-state index < -0.39 is 0 Å². The quantitative estimate of drug-likeness (QED) is 0.882. The summed E-state index contributed by atoms with van der Waals surface area (Å²) in [5.41, 5.74) is 3.11. The van der Waals surface area contributed by atoms with Gasteiger partial charge in [-0.3, -0.25) is 4.98 Å². The second kappa shape index (κ2) is 6.71. The average Bonchev–Trinajstić information content (AvgIpc) is 2.42. The lowest BCUT2D eigenvalue weighted by molar-refractivity contribution is 0.116. The van der Waals surface area contributed by atoms with Crippen LogP contribution in [0.1, 0.15) is 51.3 Å². The number of hydrogen-bond donors (Lipinski definition) is 1. The Morgan fingerprint density at radius 3 is 2.70 bits per heavy atom. The molecule has 2 heteroatoms. The van der Waals surface area contributed by atoms with Gasteiger partial charge >= 0.3 is 0 Å². The molecule has 1 saturated carbocycles. The molecule has 0 bridgehead atoms. The molecule has 0 aromatic carbocycles. The van der Waals surface area contributed by atoms with Crippen LogP contribution in [0.15, 0.2) is 18.3 Å². The second-order valence-corrected chi connectivity index (χ2v) is 7.20. The van der Waals surface area contributed by atoms with Crippen molar-refractivity contribution in [2.45, 2.75) is 52.9 Å². The van der Waals surface area contributed by atoms with Crippen LogP contribution in [-0.4, -0.2) is 18.6 Å². The molecule has 1 aliphatic carbocycles. The first-order valence-corrected chi connectivity index (χ1v) is 8.12. The maximum absolute atomic E-state index is 4.67. The zero-order valence-electron chi connectivity index (χ0n) is 13.6. The van der Waals surface area contributed by atoms with Crippen molar-refractivity contribution in [1.82, 2.24) is 10.3 Å². The summed E-state index contributed by atoms with van der Waals surface area (Å²) in [6.07, 6.45) is 8.31. The summed E-state index contributed by atoms with van der Waals surface area (Å²) in [5.74, 6) is 1.58. The number of pyridine rings is 1. The van der Waals surface area contributed by atoms with E-state index in [1.807, 2.05) is 0 Å². The predicted molar refractivity (Wildman–Crippen MR) is 85.9 cm³/mol. The van der Waals surface area contributed by atoms with E-state index in [-0.39, 0.29) is 0 Å². The normalized spacial score (nSPS) is 25.6. The smallest absolute Gasteiger partial charge is 0.0406 e. The van der Waals surface area contributed by atoms with Crippen molar-refractivity contribution in [3.05, 3.63) is 29.6 Å². The van der Waals surface area contributed by atoms with Crippen molar-refractivity contribution < 1.29 is 0 Å².